The second-order valence-electron chi connectivity index (χ2n) is 6.68. The van der Waals surface area contributed by atoms with Gasteiger partial charge in [0.05, 0.1) is 0 Å². The van der Waals surface area contributed by atoms with Crippen LogP contribution in [0.4, 0.5) is 0 Å². The molecule has 0 bridgehead atoms. The van der Waals surface area contributed by atoms with Gasteiger partial charge in [-0.25, -0.2) is 0 Å². The highest BCUT2D eigenvalue weighted by molar-refractivity contribution is 6.34. The molecule has 0 aliphatic carbocycles. The van der Waals surface area contributed by atoms with E-state index in [9.17, 15) is 9.90 Å². The Morgan fingerprint density at radius 3 is 2.52 bits per heavy atom. The van der Waals surface area contributed by atoms with Crippen molar-refractivity contribution >= 4 is 29.1 Å². The molecule has 1 aliphatic rings. The van der Waals surface area contributed by atoms with Gasteiger partial charge in [0.2, 0.25) is 5.91 Å². The standard InChI is InChI=1S/C18H27Cl2N3O2/c1-13(24)21-4-7-23-5-2-14(3-6-23)10-18(25)22-12-15-8-16(19)11-17(20)9-15/h8-9,11,14,18,22,25H,2-7,10,12H2,1H3,(H,21,24). The second kappa shape index (κ2) is 10.3. The van der Waals surface area contributed by atoms with Gasteiger partial charge in [-0.3, -0.25) is 10.1 Å². The number of rotatable bonds is 8. The van der Waals surface area contributed by atoms with Crippen molar-refractivity contribution in [2.24, 2.45) is 5.92 Å². The molecular weight excluding hydrogens is 361 g/mol. The van der Waals surface area contributed by atoms with E-state index in [1.165, 1.54) is 6.92 Å². The van der Waals surface area contributed by atoms with Gasteiger partial charge in [0.25, 0.3) is 0 Å². The predicted molar refractivity (Wildman–Crippen MR) is 102 cm³/mol. The number of likely N-dealkylation sites (tertiary alicyclic amines) is 1. The molecule has 25 heavy (non-hydrogen) atoms. The Bertz CT molecular complexity index is 543. The average molecular weight is 388 g/mol. The molecule has 5 nitrogen and oxygen atoms in total. The lowest BCUT2D eigenvalue weighted by atomic mass is 9.93. The molecule has 0 radical (unpaired) electrons. The van der Waals surface area contributed by atoms with Gasteiger partial charge in [-0.1, -0.05) is 23.2 Å². The van der Waals surface area contributed by atoms with Crippen molar-refractivity contribution in [1.29, 1.82) is 0 Å². The SMILES string of the molecule is CC(=O)NCCN1CCC(CC(O)NCc2cc(Cl)cc(Cl)c2)CC1. The van der Waals surface area contributed by atoms with E-state index < -0.39 is 6.23 Å². The molecule has 1 saturated heterocycles. The minimum atomic E-state index is -0.534. The van der Waals surface area contributed by atoms with Crippen LogP contribution in [-0.2, 0) is 11.3 Å². The number of nitrogens with zero attached hydrogens (tertiary/aromatic N) is 1. The van der Waals surface area contributed by atoms with Gasteiger partial charge in [-0.05, 0) is 62.0 Å². The number of piperidine rings is 1. The van der Waals surface area contributed by atoms with E-state index in [0.29, 0.717) is 29.1 Å². The van der Waals surface area contributed by atoms with Gasteiger partial charge in [-0.2, -0.15) is 0 Å². The third kappa shape index (κ3) is 7.92. The number of halogens is 2. The molecule has 1 heterocycles. The lowest BCUT2D eigenvalue weighted by molar-refractivity contribution is -0.119. The van der Waals surface area contributed by atoms with Crippen molar-refractivity contribution in [3.8, 4) is 0 Å². The summed E-state index contributed by atoms with van der Waals surface area (Å²) in [6.07, 6.45) is 2.35. The lowest BCUT2D eigenvalue weighted by Crippen LogP contribution is -2.40. The van der Waals surface area contributed by atoms with Crippen LogP contribution in [0.25, 0.3) is 0 Å². The fraction of sp³-hybridized carbons (Fsp3) is 0.611. The van der Waals surface area contributed by atoms with Crippen LogP contribution < -0.4 is 10.6 Å². The van der Waals surface area contributed by atoms with Gasteiger partial charge in [0.15, 0.2) is 0 Å². The normalized spacial score (nSPS) is 17.4. The molecule has 0 aromatic heterocycles. The first kappa shape index (κ1) is 20.5. The zero-order valence-electron chi connectivity index (χ0n) is 14.6. The Labute approximate surface area is 159 Å². The molecule has 1 aromatic rings. The van der Waals surface area contributed by atoms with Gasteiger partial charge in [-0.15, -0.1) is 0 Å². The minimum Gasteiger partial charge on any atom is -0.379 e. The molecule has 1 aromatic carbocycles. The molecule has 7 heteroatoms. The number of benzene rings is 1. The minimum absolute atomic E-state index is 0.0186. The monoisotopic (exact) mass is 387 g/mol. The van der Waals surface area contributed by atoms with E-state index >= 15 is 0 Å². The quantitative estimate of drug-likeness (QED) is 0.599. The van der Waals surface area contributed by atoms with E-state index in [1.807, 2.05) is 12.1 Å². The molecule has 1 atom stereocenters. The van der Waals surface area contributed by atoms with E-state index in [1.54, 1.807) is 6.07 Å². The average Bonchev–Trinajstić information content (AvgIpc) is 2.53. The van der Waals surface area contributed by atoms with Crippen molar-refractivity contribution in [2.75, 3.05) is 26.2 Å². The maximum absolute atomic E-state index is 10.9. The molecule has 1 aliphatic heterocycles. The lowest BCUT2D eigenvalue weighted by Gasteiger charge is -2.32. The zero-order valence-corrected chi connectivity index (χ0v) is 16.1. The van der Waals surface area contributed by atoms with E-state index in [2.05, 4.69) is 15.5 Å². The van der Waals surface area contributed by atoms with Crippen LogP contribution in [0.5, 0.6) is 0 Å². The summed E-state index contributed by atoms with van der Waals surface area (Å²) in [5, 5.41) is 17.4. The maximum Gasteiger partial charge on any atom is 0.216 e. The highest BCUT2D eigenvalue weighted by Gasteiger charge is 2.21. The molecular formula is C18H27Cl2N3O2. The number of aliphatic hydroxyl groups excluding tert-OH is 1. The Morgan fingerprint density at radius 1 is 1.28 bits per heavy atom. The second-order valence-corrected chi connectivity index (χ2v) is 7.55. The van der Waals surface area contributed by atoms with Crippen molar-refractivity contribution in [1.82, 2.24) is 15.5 Å². The molecule has 0 saturated carbocycles. The molecule has 1 amide bonds. The van der Waals surface area contributed by atoms with E-state index in [-0.39, 0.29) is 5.91 Å². The number of amides is 1. The summed E-state index contributed by atoms with van der Waals surface area (Å²) in [6, 6.07) is 5.39. The number of carbonyl (C=O) groups excluding carboxylic acids is 1. The summed E-state index contributed by atoms with van der Waals surface area (Å²) in [4.78, 5) is 13.2. The summed E-state index contributed by atoms with van der Waals surface area (Å²) in [7, 11) is 0. The molecule has 3 N–H and O–H groups in total. The number of hydrogen-bond acceptors (Lipinski definition) is 4. The Hall–Kier alpha value is -0.850. The Kier molecular flexibility index (Phi) is 8.46. The van der Waals surface area contributed by atoms with Crippen molar-refractivity contribution in [2.45, 2.75) is 39.0 Å². The third-order valence-electron chi connectivity index (χ3n) is 4.53. The van der Waals surface area contributed by atoms with Gasteiger partial charge in [0.1, 0.15) is 6.23 Å². The van der Waals surface area contributed by atoms with Gasteiger partial charge < -0.3 is 15.3 Å². The van der Waals surface area contributed by atoms with E-state index in [4.69, 9.17) is 23.2 Å². The van der Waals surface area contributed by atoms with Crippen LogP contribution in [0.2, 0.25) is 10.0 Å². The first-order chi connectivity index (χ1) is 11.9. The summed E-state index contributed by atoms with van der Waals surface area (Å²) in [6.45, 7) is 5.70. The van der Waals surface area contributed by atoms with Crippen molar-refractivity contribution in [3.05, 3.63) is 33.8 Å². The van der Waals surface area contributed by atoms with Crippen LogP contribution in [0.15, 0.2) is 18.2 Å². The first-order valence-electron chi connectivity index (χ1n) is 8.75. The zero-order chi connectivity index (χ0) is 18.2. The molecule has 0 spiro atoms. The van der Waals surface area contributed by atoms with Gasteiger partial charge >= 0.3 is 0 Å². The first-order valence-corrected chi connectivity index (χ1v) is 9.51. The van der Waals surface area contributed by atoms with Crippen molar-refractivity contribution in [3.63, 3.8) is 0 Å². The fourth-order valence-corrected chi connectivity index (χ4v) is 3.75. The number of nitrogens with one attached hydrogen (secondary N) is 2. The smallest absolute Gasteiger partial charge is 0.216 e. The summed E-state index contributed by atoms with van der Waals surface area (Å²) < 4.78 is 0. The highest BCUT2D eigenvalue weighted by atomic mass is 35.5. The highest BCUT2D eigenvalue weighted by Crippen LogP contribution is 2.22. The summed E-state index contributed by atoms with van der Waals surface area (Å²) >= 11 is 12.0. The van der Waals surface area contributed by atoms with Gasteiger partial charge in [0, 0.05) is 36.6 Å². The largest absolute Gasteiger partial charge is 0.379 e. The van der Waals surface area contributed by atoms with Crippen LogP contribution in [0.3, 0.4) is 0 Å². The Balaban J connectivity index is 1.64. The third-order valence-corrected chi connectivity index (χ3v) is 4.97. The summed E-state index contributed by atoms with van der Waals surface area (Å²) in [5.41, 5.74) is 0.962. The van der Waals surface area contributed by atoms with Crippen LogP contribution in [-0.4, -0.2) is 48.3 Å². The molecule has 140 valence electrons. The van der Waals surface area contributed by atoms with Crippen LogP contribution in [0, 0.1) is 5.92 Å². The van der Waals surface area contributed by atoms with Crippen LogP contribution >= 0.6 is 23.2 Å². The Morgan fingerprint density at radius 2 is 1.92 bits per heavy atom. The number of carbonyl (C=O) groups is 1. The number of aliphatic hydroxyl groups is 1. The predicted octanol–water partition coefficient (Wildman–Crippen LogP) is 2.64. The summed E-state index contributed by atoms with van der Waals surface area (Å²) in [5.74, 6) is 0.535. The number of hydrogen-bond donors (Lipinski definition) is 3. The topological polar surface area (TPSA) is 64.6 Å². The maximum atomic E-state index is 10.9. The van der Waals surface area contributed by atoms with E-state index in [0.717, 1.165) is 44.5 Å². The fourth-order valence-electron chi connectivity index (χ4n) is 3.18. The van der Waals surface area contributed by atoms with Crippen LogP contribution in [0.1, 0.15) is 31.7 Å². The van der Waals surface area contributed by atoms with Crippen molar-refractivity contribution < 1.29 is 9.90 Å². The molecule has 1 unspecified atom stereocenters. The molecule has 2 rings (SSSR count). The molecule has 1 fully saturated rings.